The molecule has 0 aliphatic heterocycles. The highest BCUT2D eigenvalue weighted by atomic mass is 16.5. The Morgan fingerprint density at radius 1 is 0.889 bits per heavy atom. The zero-order valence-corrected chi connectivity index (χ0v) is 9.82. The van der Waals surface area contributed by atoms with Gasteiger partial charge in [-0.3, -0.25) is 0 Å². The first kappa shape index (κ1) is 12.4. The van der Waals surface area contributed by atoms with Crippen LogP contribution in [-0.4, -0.2) is 20.5 Å². The molecule has 0 spiro atoms. The van der Waals surface area contributed by atoms with Gasteiger partial charge in [0, 0.05) is 18.2 Å². The van der Waals surface area contributed by atoms with Crippen LogP contribution in [0.1, 0.15) is 11.1 Å². The van der Waals surface area contributed by atoms with Gasteiger partial charge >= 0.3 is 0 Å². The van der Waals surface area contributed by atoms with Gasteiger partial charge < -0.3 is 15.4 Å². The van der Waals surface area contributed by atoms with Crippen molar-refractivity contribution in [3.63, 3.8) is 0 Å². The molecule has 2 aromatic carbocycles. The van der Waals surface area contributed by atoms with Crippen LogP contribution in [0.5, 0.6) is 11.5 Å². The molecule has 0 aromatic heterocycles. The molecule has 0 saturated heterocycles. The molecule has 0 fully saturated rings. The van der Waals surface area contributed by atoms with E-state index in [1.807, 2.05) is 30.3 Å². The molecule has 2 aromatic rings. The lowest BCUT2D eigenvalue weighted by atomic mass is 10.1. The van der Waals surface area contributed by atoms with E-state index < -0.39 is 0 Å². The number of aromatic hydroxyl groups is 2. The maximum absolute atomic E-state index is 9.81. The Morgan fingerprint density at radius 2 is 1.61 bits per heavy atom. The maximum Gasteiger partial charge on any atom is 0.123 e. The molecule has 3 N–H and O–H groups in total. The Kier molecular flexibility index (Phi) is 3.82. The minimum absolute atomic E-state index is 0.00352. The molecule has 0 bridgehead atoms. The van der Waals surface area contributed by atoms with E-state index in [1.54, 1.807) is 6.07 Å². The smallest absolute Gasteiger partial charge is 0.123 e. The second-order valence-electron chi connectivity index (χ2n) is 4.12. The summed E-state index contributed by atoms with van der Waals surface area (Å²) in [4.78, 5) is 0. The molecule has 94 valence electrons. The predicted octanol–water partition coefficient (Wildman–Crippen LogP) is 2.49. The first-order valence-electron chi connectivity index (χ1n) is 5.64. The van der Waals surface area contributed by atoms with E-state index in [4.69, 9.17) is 0 Å². The number of hydrogen-bond acceptors (Lipinski definition) is 4. The van der Waals surface area contributed by atoms with Gasteiger partial charge in [-0.1, -0.05) is 36.4 Å². The normalized spacial score (nSPS) is 10.8. The van der Waals surface area contributed by atoms with E-state index in [2.05, 4.69) is 0 Å². The summed E-state index contributed by atoms with van der Waals surface area (Å²) in [7, 11) is 0. The Balaban J connectivity index is 2.01. The van der Waals surface area contributed by atoms with Crippen LogP contribution >= 0.6 is 0 Å². The Labute approximate surface area is 105 Å². The average Bonchev–Trinajstić information content (AvgIpc) is 2.34. The van der Waals surface area contributed by atoms with Crippen LogP contribution in [0.25, 0.3) is 0 Å². The van der Waals surface area contributed by atoms with Gasteiger partial charge in [0.1, 0.15) is 11.5 Å². The lowest BCUT2D eigenvalue weighted by Crippen LogP contribution is -2.18. The Morgan fingerprint density at radius 3 is 2.28 bits per heavy atom. The van der Waals surface area contributed by atoms with Crippen LogP contribution in [-0.2, 0) is 13.1 Å². The standard InChI is InChI=1S/C14H15NO3/c16-13-7-6-12(14(17)8-13)10-15(18)9-11-4-2-1-3-5-11/h1-8,16-18H,9-10H2. The summed E-state index contributed by atoms with van der Waals surface area (Å²) in [5.41, 5.74) is 1.55. The third kappa shape index (κ3) is 3.23. The van der Waals surface area contributed by atoms with E-state index in [-0.39, 0.29) is 18.0 Å². The fourth-order valence-electron chi connectivity index (χ4n) is 1.73. The van der Waals surface area contributed by atoms with Crippen molar-refractivity contribution in [2.24, 2.45) is 0 Å². The zero-order chi connectivity index (χ0) is 13.0. The topological polar surface area (TPSA) is 63.9 Å². The predicted molar refractivity (Wildman–Crippen MR) is 67.2 cm³/mol. The first-order chi connectivity index (χ1) is 8.65. The van der Waals surface area contributed by atoms with Gasteiger partial charge in [-0.05, 0) is 11.6 Å². The van der Waals surface area contributed by atoms with Crippen LogP contribution in [0.4, 0.5) is 0 Å². The van der Waals surface area contributed by atoms with E-state index in [9.17, 15) is 15.4 Å². The molecule has 0 unspecified atom stereocenters. The van der Waals surface area contributed by atoms with Crippen LogP contribution in [0.3, 0.4) is 0 Å². The zero-order valence-electron chi connectivity index (χ0n) is 9.82. The van der Waals surface area contributed by atoms with Crippen LogP contribution in [0.15, 0.2) is 48.5 Å². The molecule has 4 heteroatoms. The summed E-state index contributed by atoms with van der Waals surface area (Å²) in [6.45, 7) is 0.572. The summed E-state index contributed by atoms with van der Waals surface area (Å²) >= 11 is 0. The van der Waals surface area contributed by atoms with Crippen molar-refractivity contribution in [3.05, 3.63) is 59.7 Å². The fourth-order valence-corrected chi connectivity index (χ4v) is 1.73. The molecule has 0 amide bonds. The fraction of sp³-hybridized carbons (Fsp3) is 0.143. The summed E-state index contributed by atoms with van der Waals surface area (Å²) < 4.78 is 0. The number of hydroxylamine groups is 2. The molecule has 0 heterocycles. The lowest BCUT2D eigenvalue weighted by Gasteiger charge is -2.15. The molecule has 2 rings (SSSR count). The molecule has 0 atom stereocenters. The highest BCUT2D eigenvalue weighted by molar-refractivity contribution is 5.38. The van der Waals surface area contributed by atoms with E-state index >= 15 is 0 Å². The van der Waals surface area contributed by atoms with Crippen molar-refractivity contribution in [1.29, 1.82) is 0 Å². The van der Waals surface area contributed by atoms with Gasteiger partial charge in [0.15, 0.2) is 0 Å². The summed E-state index contributed by atoms with van der Waals surface area (Å²) in [6, 6.07) is 13.9. The molecule has 0 aliphatic carbocycles. The van der Waals surface area contributed by atoms with E-state index in [1.165, 1.54) is 12.1 Å². The second kappa shape index (κ2) is 5.53. The monoisotopic (exact) mass is 245 g/mol. The quantitative estimate of drug-likeness (QED) is 0.724. The molecule has 4 nitrogen and oxygen atoms in total. The SMILES string of the molecule is Oc1ccc(CN(O)Cc2ccccc2)c(O)c1. The van der Waals surface area contributed by atoms with E-state index in [0.717, 1.165) is 10.6 Å². The third-order valence-corrected chi connectivity index (χ3v) is 2.63. The molecule has 0 aliphatic rings. The highest BCUT2D eigenvalue weighted by Crippen LogP contribution is 2.23. The van der Waals surface area contributed by atoms with Crippen molar-refractivity contribution in [1.82, 2.24) is 5.06 Å². The van der Waals surface area contributed by atoms with Crippen molar-refractivity contribution in [3.8, 4) is 11.5 Å². The molecular weight excluding hydrogens is 230 g/mol. The molecule has 18 heavy (non-hydrogen) atoms. The van der Waals surface area contributed by atoms with Gasteiger partial charge in [-0.25, -0.2) is 0 Å². The largest absolute Gasteiger partial charge is 0.508 e. The molecule has 0 radical (unpaired) electrons. The number of phenolic OH excluding ortho intramolecular Hbond substituents is 2. The summed E-state index contributed by atoms with van der Waals surface area (Å²) in [6.07, 6.45) is 0. The summed E-state index contributed by atoms with van der Waals surface area (Å²) in [5, 5.41) is 29.7. The van der Waals surface area contributed by atoms with Crippen molar-refractivity contribution >= 4 is 0 Å². The average molecular weight is 245 g/mol. The van der Waals surface area contributed by atoms with Gasteiger partial charge in [0.05, 0.1) is 6.54 Å². The minimum Gasteiger partial charge on any atom is -0.508 e. The van der Waals surface area contributed by atoms with Crippen molar-refractivity contribution < 1.29 is 15.4 Å². The van der Waals surface area contributed by atoms with Gasteiger partial charge in [-0.2, -0.15) is 5.06 Å². The number of phenols is 2. The van der Waals surface area contributed by atoms with Crippen molar-refractivity contribution in [2.75, 3.05) is 0 Å². The van der Waals surface area contributed by atoms with Gasteiger partial charge in [0.2, 0.25) is 0 Å². The van der Waals surface area contributed by atoms with Gasteiger partial charge in [-0.15, -0.1) is 0 Å². The van der Waals surface area contributed by atoms with Gasteiger partial charge in [0.25, 0.3) is 0 Å². The number of benzene rings is 2. The molecular formula is C14H15NO3. The second-order valence-corrected chi connectivity index (χ2v) is 4.12. The summed E-state index contributed by atoms with van der Waals surface area (Å²) in [5.74, 6) is -0.0223. The first-order valence-corrected chi connectivity index (χ1v) is 5.64. The van der Waals surface area contributed by atoms with Crippen LogP contribution in [0.2, 0.25) is 0 Å². The number of rotatable bonds is 4. The highest BCUT2D eigenvalue weighted by Gasteiger charge is 2.07. The van der Waals surface area contributed by atoms with Crippen LogP contribution in [0, 0.1) is 0 Å². The van der Waals surface area contributed by atoms with E-state index in [0.29, 0.717) is 12.1 Å². The number of hydrogen-bond donors (Lipinski definition) is 3. The molecule has 0 saturated carbocycles. The van der Waals surface area contributed by atoms with Crippen molar-refractivity contribution in [2.45, 2.75) is 13.1 Å². The maximum atomic E-state index is 9.81. The third-order valence-electron chi connectivity index (χ3n) is 2.63. The van der Waals surface area contributed by atoms with Crippen LogP contribution < -0.4 is 0 Å². The Hall–Kier alpha value is -2.04. The Bertz CT molecular complexity index is 514. The minimum atomic E-state index is -0.0258. The lowest BCUT2D eigenvalue weighted by molar-refractivity contribution is -0.108. The number of nitrogens with zero attached hydrogens (tertiary/aromatic N) is 1.